The number of alkyl halides is 1. The summed E-state index contributed by atoms with van der Waals surface area (Å²) in [5.41, 5.74) is 0.595. The van der Waals surface area contributed by atoms with Gasteiger partial charge in [-0.15, -0.1) is 0 Å². The molecule has 104 valence electrons. The molecule has 0 aliphatic carbocycles. The zero-order chi connectivity index (χ0) is 13.9. The Hall–Kier alpha value is 0.690. The Kier molecular flexibility index (Phi) is 6.48. The summed E-state index contributed by atoms with van der Waals surface area (Å²) in [6, 6.07) is 0. The van der Waals surface area contributed by atoms with E-state index in [-0.39, 0.29) is 5.54 Å². The number of nitrogens with zero attached hydrogens (tertiary/aromatic N) is 1. The van der Waals surface area contributed by atoms with E-state index in [0.29, 0.717) is 8.84 Å². The van der Waals surface area contributed by atoms with Gasteiger partial charge in [-0.05, 0) is 52.1 Å². The number of rotatable bonds is 7. The molecule has 0 aromatic rings. The van der Waals surface area contributed by atoms with Gasteiger partial charge in [-0.2, -0.15) is 0 Å². The monoisotopic (exact) mass is 353 g/mol. The molecule has 0 spiro atoms. The van der Waals surface area contributed by atoms with E-state index in [1.807, 2.05) is 0 Å². The van der Waals surface area contributed by atoms with Gasteiger partial charge >= 0.3 is 0 Å². The molecule has 0 aliphatic heterocycles. The Morgan fingerprint density at radius 2 is 1.35 bits per heavy atom. The van der Waals surface area contributed by atoms with Crippen LogP contribution in [0.4, 0.5) is 0 Å². The smallest absolute Gasteiger partial charge is 0.0262 e. The zero-order valence-corrected chi connectivity index (χ0v) is 15.3. The molecule has 0 bridgehead atoms. The maximum atomic E-state index is 2.69. The van der Waals surface area contributed by atoms with Gasteiger partial charge in [0.25, 0.3) is 0 Å². The SMILES string of the molecule is CCN(C)C(C)(CC)C(C)(CC)C(C)(I)CC. The van der Waals surface area contributed by atoms with Crippen LogP contribution in [-0.2, 0) is 0 Å². The van der Waals surface area contributed by atoms with Crippen molar-refractivity contribution < 1.29 is 0 Å². The molecule has 0 aliphatic rings. The van der Waals surface area contributed by atoms with Gasteiger partial charge < -0.3 is 4.90 Å². The van der Waals surface area contributed by atoms with Crippen LogP contribution in [0.15, 0.2) is 0 Å². The Morgan fingerprint density at radius 3 is 1.59 bits per heavy atom. The highest BCUT2D eigenvalue weighted by Gasteiger charge is 2.53. The summed E-state index contributed by atoms with van der Waals surface area (Å²) >= 11 is 2.69. The molecule has 0 N–H and O–H groups in total. The van der Waals surface area contributed by atoms with Crippen LogP contribution in [0.25, 0.3) is 0 Å². The van der Waals surface area contributed by atoms with E-state index in [1.54, 1.807) is 0 Å². The fraction of sp³-hybridized carbons (Fsp3) is 1.00. The summed E-state index contributed by atoms with van der Waals surface area (Å²) < 4.78 is 0.341. The van der Waals surface area contributed by atoms with Gasteiger partial charge in [-0.3, -0.25) is 0 Å². The Bertz CT molecular complexity index is 239. The molecule has 0 amide bonds. The molecule has 0 radical (unpaired) electrons. The second kappa shape index (κ2) is 6.23. The molecule has 1 nitrogen and oxygen atoms in total. The van der Waals surface area contributed by atoms with Crippen molar-refractivity contribution in [3.05, 3.63) is 0 Å². The molecule has 3 atom stereocenters. The van der Waals surface area contributed by atoms with Crippen molar-refractivity contribution in [2.45, 2.75) is 76.7 Å². The van der Waals surface area contributed by atoms with E-state index in [0.717, 1.165) is 6.54 Å². The molecule has 0 saturated heterocycles. The topological polar surface area (TPSA) is 3.24 Å². The van der Waals surface area contributed by atoms with E-state index in [9.17, 15) is 0 Å². The van der Waals surface area contributed by atoms with Crippen LogP contribution in [0.5, 0.6) is 0 Å². The highest BCUT2D eigenvalue weighted by Crippen LogP contribution is 2.54. The minimum Gasteiger partial charge on any atom is -0.301 e. The van der Waals surface area contributed by atoms with Gasteiger partial charge in [0.2, 0.25) is 0 Å². The lowest BCUT2D eigenvalue weighted by atomic mass is 9.60. The van der Waals surface area contributed by atoms with Gasteiger partial charge in [-0.25, -0.2) is 0 Å². The molecule has 0 heterocycles. The van der Waals surface area contributed by atoms with Crippen LogP contribution in [0.3, 0.4) is 0 Å². The van der Waals surface area contributed by atoms with Gasteiger partial charge in [0.15, 0.2) is 0 Å². The highest BCUT2D eigenvalue weighted by molar-refractivity contribution is 14.1. The van der Waals surface area contributed by atoms with Crippen molar-refractivity contribution in [1.82, 2.24) is 4.90 Å². The summed E-state index contributed by atoms with van der Waals surface area (Å²) in [7, 11) is 2.28. The molecule has 0 fully saturated rings. The van der Waals surface area contributed by atoms with Crippen LogP contribution in [0, 0.1) is 5.41 Å². The predicted molar refractivity (Wildman–Crippen MR) is 88.1 cm³/mol. The van der Waals surface area contributed by atoms with Crippen LogP contribution in [0.2, 0.25) is 0 Å². The fourth-order valence-electron chi connectivity index (χ4n) is 3.13. The molecule has 0 aromatic carbocycles. The summed E-state index contributed by atoms with van der Waals surface area (Å²) in [5, 5.41) is 0. The number of hydrogen-bond donors (Lipinski definition) is 0. The van der Waals surface area contributed by atoms with Crippen LogP contribution >= 0.6 is 22.6 Å². The summed E-state index contributed by atoms with van der Waals surface area (Å²) in [6.07, 6.45) is 3.67. The third kappa shape index (κ3) is 2.83. The Morgan fingerprint density at radius 1 is 0.882 bits per heavy atom. The highest BCUT2D eigenvalue weighted by atomic mass is 127. The minimum absolute atomic E-state index is 0.266. The summed E-state index contributed by atoms with van der Waals surface area (Å²) in [5.74, 6) is 0. The van der Waals surface area contributed by atoms with Gasteiger partial charge in [0.05, 0.1) is 0 Å². The molecule has 0 rings (SSSR count). The minimum atomic E-state index is 0.266. The molecule has 3 unspecified atom stereocenters. The Balaban J connectivity index is 5.61. The van der Waals surface area contributed by atoms with Crippen molar-refractivity contribution in [3.63, 3.8) is 0 Å². The first-order valence-corrected chi connectivity index (χ1v) is 8.14. The van der Waals surface area contributed by atoms with E-state index in [2.05, 4.69) is 83.0 Å². The predicted octanol–water partition coefficient (Wildman–Crippen LogP) is 5.13. The van der Waals surface area contributed by atoms with Gasteiger partial charge in [-0.1, -0.05) is 57.2 Å². The van der Waals surface area contributed by atoms with Crippen molar-refractivity contribution in [2.75, 3.05) is 13.6 Å². The lowest BCUT2D eigenvalue weighted by Crippen LogP contribution is -2.61. The normalized spacial score (nSPS) is 22.9. The van der Waals surface area contributed by atoms with E-state index in [4.69, 9.17) is 0 Å². The van der Waals surface area contributed by atoms with Crippen LogP contribution in [-0.4, -0.2) is 27.5 Å². The number of hydrogen-bond acceptors (Lipinski definition) is 1. The van der Waals surface area contributed by atoms with Crippen molar-refractivity contribution in [1.29, 1.82) is 0 Å². The zero-order valence-electron chi connectivity index (χ0n) is 13.2. The second-order valence-electron chi connectivity index (χ2n) is 5.88. The van der Waals surface area contributed by atoms with E-state index < -0.39 is 0 Å². The lowest BCUT2D eigenvalue weighted by molar-refractivity contribution is -0.0208. The van der Waals surface area contributed by atoms with Crippen LogP contribution < -0.4 is 0 Å². The first-order chi connectivity index (χ1) is 7.66. The lowest BCUT2D eigenvalue weighted by Gasteiger charge is -2.58. The largest absolute Gasteiger partial charge is 0.301 e. The molecule has 0 aromatic heterocycles. The third-order valence-corrected chi connectivity index (χ3v) is 7.67. The molecule has 2 heteroatoms. The Labute approximate surface area is 123 Å². The van der Waals surface area contributed by atoms with Crippen molar-refractivity contribution in [2.24, 2.45) is 5.41 Å². The van der Waals surface area contributed by atoms with Gasteiger partial charge in [0.1, 0.15) is 0 Å². The second-order valence-corrected chi connectivity index (χ2v) is 8.26. The average Bonchev–Trinajstić information content (AvgIpc) is 2.34. The molecular formula is C15H32IN. The first-order valence-electron chi connectivity index (χ1n) is 7.07. The quantitative estimate of drug-likeness (QED) is 0.453. The molecule has 0 saturated carbocycles. The summed E-state index contributed by atoms with van der Waals surface area (Å²) in [6.45, 7) is 17.8. The van der Waals surface area contributed by atoms with Crippen molar-refractivity contribution >= 4 is 22.6 Å². The van der Waals surface area contributed by atoms with E-state index in [1.165, 1.54) is 19.3 Å². The van der Waals surface area contributed by atoms with Gasteiger partial charge in [0, 0.05) is 8.96 Å². The van der Waals surface area contributed by atoms with E-state index >= 15 is 0 Å². The maximum Gasteiger partial charge on any atom is 0.0262 e. The molecular weight excluding hydrogens is 321 g/mol. The van der Waals surface area contributed by atoms with Crippen molar-refractivity contribution in [3.8, 4) is 0 Å². The standard InChI is InChI=1S/C15H32IN/c1-9-13(5,14(6,16)10-2)15(7,11-3)17(8)12-4/h9-12H2,1-8H3. The maximum absolute atomic E-state index is 2.69. The average molecular weight is 353 g/mol. The van der Waals surface area contributed by atoms with Crippen LogP contribution in [0.1, 0.15) is 67.7 Å². The third-order valence-electron chi connectivity index (χ3n) is 5.72. The summed E-state index contributed by atoms with van der Waals surface area (Å²) in [4.78, 5) is 2.54. The first kappa shape index (κ1) is 17.7. The fourth-order valence-corrected chi connectivity index (χ4v) is 4.09. The molecule has 17 heavy (non-hydrogen) atoms. The number of halogens is 1.